The van der Waals surface area contributed by atoms with E-state index in [4.69, 9.17) is 4.18 Å². The summed E-state index contributed by atoms with van der Waals surface area (Å²) in [4.78, 5) is 0.149. The van der Waals surface area contributed by atoms with E-state index in [-0.39, 0.29) is 4.90 Å². The third-order valence-electron chi connectivity index (χ3n) is 2.99. The van der Waals surface area contributed by atoms with Gasteiger partial charge in [0.2, 0.25) is 0 Å². The van der Waals surface area contributed by atoms with Crippen molar-refractivity contribution in [3.63, 3.8) is 0 Å². The predicted molar refractivity (Wildman–Crippen MR) is 82.6 cm³/mol. The predicted octanol–water partition coefficient (Wildman–Crippen LogP) is 4.14. The molecule has 0 bridgehead atoms. The van der Waals surface area contributed by atoms with Gasteiger partial charge in [-0.15, -0.1) is 0 Å². The number of rotatable bonds is 3. The van der Waals surface area contributed by atoms with E-state index in [0.717, 1.165) is 16.7 Å². The molecule has 0 radical (unpaired) electrons. The lowest BCUT2D eigenvalue weighted by atomic mass is 10.1. The van der Waals surface area contributed by atoms with Crippen molar-refractivity contribution in [2.75, 3.05) is 0 Å². The van der Waals surface area contributed by atoms with Gasteiger partial charge in [0.1, 0.15) is 4.90 Å². The van der Waals surface area contributed by atoms with Crippen LogP contribution in [0.3, 0.4) is 0 Å². The molecule has 3 nitrogen and oxygen atoms in total. The Morgan fingerprint density at radius 1 is 0.900 bits per heavy atom. The molecule has 0 atom stereocenters. The van der Waals surface area contributed by atoms with Crippen molar-refractivity contribution in [3.05, 3.63) is 57.6 Å². The summed E-state index contributed by atoms with van der Waals surface area (Å²) in [6.45, 7) is 5.59. The zero-order valence-corrected chi connectivity index (χ0v) is 13.9. The van der Waals surface area contributed by atoms with Gasteiger partial charge in [0, 0.05) is 0 Å². The Kier molecular flexibility index (Phi) is 4.20. The van der Waals surface area contributed by atoms with Gasteiger partial charge in [-0.05, 0) is 60.0 Å². The van der Waals surface area contributed by atoms with Gasteiger partial charge in [-0.2, -0.15) is 8.42 Å². The molecule has 2 aromatic rings. The molecule has 0 N–H and O–H groups in total. The summed E-state index contributed by atoms with van der Waals surface area (Å²) in [5, 5.41) is 0. The van der Waals surface area contributed by atoms with E-state index in [9.17, 15) is 8.42 Å². The van der Waals surface area contributed by atoms with Gasteiger partial charge >= 0.3 is 10.1 Å². The maximum atomic E-state index is 12.3. The van der Waals surface area contributed by atoms with Gasteiger partial charge in [0.05, 0.1) is 4.47 Å². The zero-order valence-electron chi connectivity index (χ0n) is 11.5. The van der Waals surface area contributed by atoms with E-state index < -0.39 is 10.1 Å². The zero-order chi connectivity index (χ0) is 14.9. The highest BCUT2D eigenvalue weighted by Gasteiger charge is 2.20. The van der Waals surface area contributed by atoms with Crippen LogP contribution in [0.4, 0.5) is 0 Å². The first-order valence-electron chi connectivity index (χ1n) is 6.08. The fraction of sp³-hybridized carbons (Fsp3) is 0.200. The molecular weight excluding hydrogens is 340 g/mol. The molecule has 0 saturated carbocycles. The van der Waals surface area contributed by atoms with Gasteiger partial charge in [0.15, 0.2) is 5.75 Å². The highest BCUT2D eigenvalue weighted by molar-refractivity contribution is 9.10. The van der Waals surface area contributed by atoms with Crippen molar-refractivity contribution in [2.45, 2.75) is 25.7 Å². The minimum atomic E-state index is -3.82. The molecule has 0 aromatic heterocycles. The van der Waals surface area contributed by atoms with Gasteiger partial charge in [-0.25, -0.2) is 0 Å². The molecule has 2 rings (SSSR count). The SMILES string of the molecule is Cc1ccc(S(=O)(=O)Oc2c(C)ccc(C)c2Br)cc1. The minimum absolute atomic E-state index is 0.149. The Morgan fingerprint density at radius 3 is 2.05 bits per heavy atom. The van der Waals surface area contributed by atoms with Crippen LogP contribution in [0.1, 0.15) is 16.7 Å². The largest absolute Gasteiger partial charge is 0.377 e. The Balaban J connectivity index is 2.43. The van der Waals surface area contributed by atoms with E-state index in [1.54, 1.807) is 24.3 Å². The summed E-state index contributed by atoms with van der Waals surface area (Å²) < 4.78 is 30.5. The normalized spacial score (nSPS) is 11.4. The molecule has 0 fully saturated rings. The number of hydrogen-bond donors (Lipinski definition) is 0. The van der Waals surface area contributed by atoms with Crippen LogP contribution >= 0.6 is 15.9 Å². The molecule has 20 heavy (non-hydrogen) atoms. The quantitative estimate of drug-likeness (QED) is 0.777. The van der Waals surface area contributed by atoms with Crippen molar-refractivity contribution in [2.24, 2.45) is 0 Å². The van der Waals surface area contributed by atoms with Crippen molar-refractivity contribution in [1.82, 2.24) is 0 Å². The van der Waals surface area contributed by atoms with Crippen LogP contribution in [0.25, 0.3) is 0 Å². The monoisotopic (exact) mass is 354 g/mol. The fourth-order valence-corrected chi connectivity index (χ4v) is 3.35. The topological polar surface area (TPSA) is 43.4 Å². The second-order valence-electron chi connectivity index (χ2n) is 4.69. The fourth-order valence-electron chi connectivity index (χ4n) is 1.72. The summed E-state index contributed by atoms with van der Waals surface area (Å²) >= 11 is 3.38. The lowest BCUT2D eigenvalue weighted by Gasteiger charge is -2.12. The lowest BCUT2D eigenvalue weighted by molar-refractivity contribution is 0.482. The summed E-state index contributed by atoms with van der Waals surface area (Å²) in [5.74, 6) is 0.338. The average molecular weight is 355 g/mol. The molecule has 0 saturated heterocycles. The Bertz CT molecular complexity index is 734. The van der Waals surface area contributed by atoms with Gasteiger partial charge < -0.3 is 4.18 Å². The molecule has 2 aromatic carbocycles. The van der Waals surface area contributed by atoms with Crippen molar-refractivity contribution in [3.8, 4) is 5.75 Å². The van der Waals surface area contributed by atoms with E-state index in [1.165, 1.54) is 0 Å². The molecule has 0 spiro atoms. The Morgan fingerprint density at radius 2 is 1.45 bits per heavy atom. The van der Waals surface area contributed by atoms with Crippen LogP contribution in [0.15, 0.2) is 45.8 Å². The molecule has 0 aliphatic carbocycles. The van der Waals surface area contributed by atoms with Crippen LogP contribution < -0.4 is 4.18 Å². The lowest BCUT2D eigenvalue weighted by Crippen LogP contribution is -2.11. The third kappa shape index (κ3) is 3.04. The third-order valence-corrected chi connectivity index (χ3v) is 5.21. The first kappa shape index (κ1) is 15.1. The van der Waals surface area contributed by atoms with Crippen molar-refractivity contribution >= 4 is 26.0 Å². The van der Waals surface area contributed by atoms with Crippen LogP contribution in [0.5, 0.6) is 5.75 Å². The molecule has 0 aliphatic heterocycles. The minimum Gasteiger partial charge on any atom is -0.377 e. The van der Waals surface area contributed by atoms with Crippen LogP contribution in [0.2, 0.25) is 0 Å². The van der Waals surface area contributed by atoms with Crippen LogP contribution in [-0.2, 0) is 10.1 Å². The molecule has 0 aliphatic rings. The summed E-state index contributed by atoms with van der Waals surface area (Å²) in [6.07, 6.45) is 0. The number of benzene rings is 2. The van der Waals surface area contributed by atoms with E-state index in [2.05, 4.69) is 15.9 Å². The Labute approximate surface area is 127 Å². The highest BCUT2D eigenvalue weighted by Crippen LogP contribution is 2.33. The Hall–Kier alpha value is -1.33. The smallest absolute Gasteiger partial charge is 0.339 e. The first-order valence-corrected chi connectivity index (χ1v) is 8.28. The molecule has 0 amide bonds. The molecule has 106 valence electrons. The summed E-state index contributed by atoms with van der Waals surface area (Å²) in [5.41, 5.74) is 2.68. The average Bonchev–Trinajstić information content (AvgIpc) is 2.40. The van der Waals surface area contributed by atoms with Crippen LogP contribution in [-0.4, -0.2) is 8.42 Å². The standard InChI is InChI=1S/C15H15BrO3S/c1-10-4-8-13(9-5-10)20(17,18)19-15-12(3)7-6-11(2)14(15)16/h4-9H,1-3H3. The molecular formula is C15H15BrO3S. The number of aryl methyl sites for hydroxylation is 3. The first-order chi connectivity index (χ1) is 9.31. The second kappa shape index (κ2) is 5.58. The maximum absolute atomic E-state index is 12.3. The van der Waals surface area contributed by atoms with E-state index >= 15 is 0 Å². The maximum Gasteiger partial charge on any atom is 0.339 e. The van der Waals surface area contributed by atoms with Crippen molar-refractivity contribution in [1.29, 1.82) is 0 Å². The van der Waals surface area contributed by atoms with Gasteiger partial charge in [-0.3, -0.25) is 0 Å². The summed E-state index contributed by atoms with van der Waals surface area (Å²) in [6, 6.07) is 10.3. The summed E-state index contributed by atoms with van der Waals surface area (Å²) in [7, 11) is -3.82. The molecule has 5 heteroatoms. The highest BCUT2D eigenvalue weighted by atomic mass is 79.9. The van der Waals surface area contributed by atoms with Crippen molar-refractivity contribution < 1.29 is 12.6 Å². The van der Waals surface area contributed by atoms with E-state index in [0.29, 0.717) is 10.2 Å². The van der Waals surface area contributed by atoms with Gasteiger partial charge in [-0.1, -0.05) is 29.8 Å². The van der Waals surface area contributed by atoms with E-state index in [1.807, 2.05) is 32.9 Å². The number of halogens is 1. The number of hydrogen-bond acceptors (Lipinski definition) is 3. The van der Waals surface area contributed by atoms with Gasteiger partial charge in [0.25, 0.3) is 0 Å². The molecule has 0 heterocycles. The molecule has 0 unspecified atom stereocenters. The van der Waals surface area contributed by atoms with Crippen LogP contribution in [0, 0.1) is 20.8 Å². The second-order valence-corrected chi connectivity index (χ2v) is 7.03.